The van der Waals surface area contributed by atoms with Crippen LogP contribution in [0.3, 0.4) is 0 Å². The van der Waals surface area contributed by atoms with Crippen LogP contribution >= 0.6 is 0 Å². The summed E-state index contributed by atoms with van der Waals surface area (Å²) in [5.74, 6) is 1.17. The van der Waals surface area contributed by atoms with Crippen LogP contribution in [0.15, 0.2) is 18.2 Å². The van der Waals surface area contributed by atoms with Gasteiger partial charge in [0.1, 0.15) is 11.5 Å². The van der Waals surface area contributed by atoms with Gasteiger partial charge >= 0.3 is 0 Å². The van der Waals surface area contributed by atoms with Crippen molar-refractivity contribution in [3.05, 3.63) is 23.8 Å². The molecule has 112 valence electrons. The lowest BCUT2D eigenvalue weighted by Gasteiger charge is -2.23. The fourth-order valence-corrected chi connectivity index (χ4v) is 1.74. The lowest BCUT2D eigenvalue weighted by molar-refractivity contribution is -0.123. The van der Waals surface area contributed by atoms with Gasteiger partial charge < -0.3 is 19.9 Å². The van der Waals surface area contributed by atoms with Gasteiger partial charge in [-0.05, 0) is 23.6 Å². The third kappa shape index (κ3) is 4.74. The molecule has 0 heterocycles. The zero-order valence-electron chi connectivity index (χ0n) is 12.5. The summed E-state index contributed by atoms with van der Waals surface area (Å²) >= 11 is 0. The van der Waals surface area contributed by atoms with E-state index in [1.54, 1.807) is 19.2 Å². The molecule has 0 aliphatic rings. The SMILES string of the molecule is COc1ccc(OCC(=O)NCCO)c(C(C)(C)C)c1. The number of methoxy groups -OCH3 is 1. The van der Waals surface area contributed by atoms with E-state index in [9.17, 15) is 4.79 Å². The molecule has 0 saturated heterocycles. The van der Waals surface area contributed by atoms with Gasteiger partial charge in [-0.15, -0.1) is 0 Å². The molecule has 1 rings (SSSR count). The van der Waals surface area contributed by atoms with E-state index in [0.717, 1.165) is 11.3 Å². The summed E-state index contributed by atoms with van der Waals surface area (Å²) in [6.45, 7) is 6.29. The van der Waals surface area contributed by atoms with Gasteiger partial charge in [0.05, 0.1) is 13.7 Å². The van der Waals surface area contributed by atoms with Crippen LogP contribution in [0.5, 0.6) is 11.5 Å². The van der Waals surface area contributed by atoms with Crippen LogP contribution < -0.4 is 14.8 Å². The van der Waals surface area contributed by atoms with Gasteiger partial charge in [-0.2, -0.15) is 0 Å². The first-order valence-corrected chi connectivity index (χ1v) is 6.57. The molecule has 1 aromatic rings. The molecule has 20 heavy (non-hydrogen) atoms. The number of carbonyl (C=O) groups excluding carboxylic acids is 1. The molecule has 0 bridgehead atoms. The molecular weight excluding hydrogens is 258 g/mol. The Morgan fingerprint density at radius 3 is 2.60 bits per heavy atom. The Labute approximate surface area is 119 Å². The second kappa shape index (κ2) is 7.14. The fourth-order valence-electron chi connectivity index (χ4n) is 1.74. The summed E-state index contributed by atoms with van der Waals surface area (Å²) in [6.07, 6.45) is 0. The molecule has 5 heteroatoms. The molecule has 0 saturated carbocycles. The van der Waals surface area contributed by atoms with Gasteiger partial charge in [0, 0.05) is 12.1 Å². The molecule has 0 aliphatic heterocycles. The van der Waals surface area contributed by atoms with Gasteiger partial charge in [-0.3, -0.25) is 4.79 Å². The monoisotopic (exact) mass is 281 g/mol. The molecule has 0 atom stereocenters. The van der Waals surface area contributed by atoms with Crippen molar-refractivity contribution in [2.24, 2.45) is 0 Å². The third-order valence-electron chi connectivity index (χ3n) is 2.79. The van der Waals surface area contributed by atoms with Crippen molar-refractivity contribution in [2.75, 3.05) is 26.9 Å². The van der Waals surface area contributed by atoms with Crippen LogP contribution in [0, 0.1) is 0 Å². The number of aliphatic hydroxyl groups is 1. The van der Waals surface area contributed by atoms with Crippen LogP contribution in [0.2, 0.25) is 0 Å². The molecule has 2 N–H and O–H groups in total. The lowest BCUT2D eigenvalue weighted by Crippen LogP contribution is -2.31. The maximum Gasteiger partial charge on any atom is 0.258 e. The summed E-state index contributed by atoms with van der Waals surface area (Å²) in [4.78, 5) is 11.5. The van der Waals surface area contributed by atoms with E-state index >= 15 is 0 Å². The van der Waals surface area contributed by atoms with E-state index in [1.165, 1.54) is 0 Å². The number of rotatable bonds is 6. The molecule has 0 aliphatic carbocycles. The van der Waals surface area contributed by atoms with Crippen LogP contribution in [0.4, 0.5) is 0 Å². The summed E-state index contributed by atoms with van der Waals surface area (Å²) in [5.41, 5.74) is 0.859. The Kier molecular flexibility index (Phi) is 5.82. The first-order chi connectivity index (χ1) is 9.38. The Morgan fingerprint density at radius 2 is 2.05 bits per heavy atom. The van der Waals surface area contributed by atoms with E-state index in [-0.39, 0.29) is 31.1 Å². The van der Waals surface area contributed by atoms with E-state index in [2.05, 4.69) is 26.1 Å². The Morgan fingerprint density at radius 1 is 1.35 bits per heavy atom. The predicted molar refractivity (Wildman–Crippen MR) is 77.3 cm³/mol. The number of benzene rings is 1. The van der Waals surface area contributed by atoms with Crippen LogP contribution in [-0.4, -0.2) is 37.9 Å². The van der Waals surface area contributed by atoms with Crippen molar-refractivity contribution in [1.82, 2.24) is 5.32 Å². The van der Waals surface area contributed by atoms with Crippen LogP contribution in [0.25, 0.3) is 0 Å². The van der Waals surface area contributed by atoms with Crippen molar-refractivity contribution < 1.29 is 19.4 Å². The van der Waals surface area contributed by atoms with Crippen molar-refractivity contribution >= 4 is 5.91 Å². The van der Waals surface area contributed by atoms with Gasteiger partial charge in [0.2, 0.25) is 0 Å². The first kappa shape index (κ1) is 16.3. The van der Waals surface area contributed by atoms with Crippen LogP contribution in [-0.2, 0) is 10.2 Å². The largest absolute Gasteiger partial charge is 0.497 e. The molecule has 0 unspecified atom stereocenters. The smallest absolute Gasteiger partial charge is 0.258 e. The zero-order chi connectivity index (χ0) is 15.2. The average Bonchev–Trinajstić information content (AvgIpc) is 2.41. The lowest BCUT2D eigenvalue weighted by atomic mass is 9.86. The Hall–Kier alpha value is -1.75. The summed E-state index contributed by atoms with van der Waals surface area (Å²) < 4.78 is 10.8. The minimum atomic E-state index is -0.255. The zero-order valence-corrected chi connectivity index (χ0v) is 12.5. The minimum absolute atomic E-state index is 0.0740. The van der Waals surface area contributed by atoms with Gasteiger partial charge in [-0.25, -0.2) is 0 Å². The van der Waals surface area contributed by atoms with E-state index < -0.39 is 0 Å². The van der Waals surface area contributed by atoms with Crippen molar-refractivity contribution in [3.63, 3.8) is 0 Å². The summed E-state index contributed by atoms with van der Waals surface area (Å²) in [5, 5.41) is 11.2. The minimum Gasteiger partial charge on any atom is -0.497 e. The van der Waals surface area contributed by atoms with Crippen molar-refractivity contribution in [1.29, 1.82) is 0 Å². The normalized spacial score (nSPS) is 11.1. The number of ether oxygens (including phenoxy) is 2. The average molecular weight is 281 g/mol. The highest BCUT2D eigenvalue weighted by molar-refractivity contribution is 5.77. The molecule has 0 aromatic heterocycles. The first-order valence-electron chi connectivity index (χ1n) is 6.57. The molecule has 0 radical (unpaired) electrons. The molecule has 0 spiro atoms. The topological polar surface area (TPSA) is 67.8 Å². The van der Waals surface area contributed by atoms with E-state index in [4.69, 9.17) is 14.6 Å². The maximum absolute atomic E-state index is 11.5. The van der Waals surface area contributed by atoms with Crippen molar-refractivity contribution in [2.45, 2.75) is 26.2 Å². The van der Waals surface area contributed by atoms with Crippen LogP contribution in [0.1, 0.15) is 26.3 Å². The Balaban J connectivity index is 2.81. The number of nitrogens with one attached hydrogen (secondary N) is 1. The third-order valence-corrected chi connectivity index (χ3v) is 2.79. The second-order valence-corrected chi connectivity index (χ2v) is 5.47. The Bertz CT molecular complexity index is 452. The number of amides is 1. The predicted octanol–water partition coefficient (Wildman–Crippen LogP) is 1.48. The summed E-state index contributed by atoms with van der Waals surface area (Å²) in [7, 11) is 1.62. The molecule has 1 aromatic carbocycles. The highest BCUT2D eigenvalue weighted by atomic mass is 16.5. The quantitative estimate of drug-likeness (QED) is 0.829. The standard InChI is InChI=1S/C15H23NO4/c1-15(2,3)12-9-11(19-4)5-6-13(12)20-10-14(18)16-7-8-17/h5-6,9,17H,7-8,10H2,1-4H3,(H,16,18). The summed E-state index contributed by atoms with van der Waals surface area (Å²) in [6, 6.07) is 5.52. The van der Waals surface area contributed by atoms with Gasteiger partial charge in [0.15, 0.2) is 6.61 Å². The van der Waals surface area contributed by atoms with E-state index in [0.29, 0.717) is 5.75 Å². The van der Waals surface area contributed by atoms with Crippen molar-refractivity contribution in [3.8, 4) is 11.5 Å². The highest BCUT2D eigenvalue weighted by Crippen LogP contribution is 2.34. The fraction of sp³-hybridized carbons (Fsp3) is 0.533. The number of hydrogen-bond donors (Lipinski definition) is 2. The highest BCUT2D eigenvalue weighted by Gasteiger charge is 2.20. The van der Waals surface area contributed by atoms with E-state index in [1.807, 2.05) is 6.07 Å². The number of carbonyl (C=O) groups is 1. The molecular formula is C15H23NO4. The molecule has 5 nitrogen and oxygen atoms in total. The second-order valence-electron chi connectivity index (χ2n) is 5.47. The van der Waals surface area contributed by atoms with Gasteiger partial charge in [0.25, 0.3) is 5.91 Å². The number of hydrogen-bond acceptors (Lipinski definition) is 4. The number of aliphatic hydroxyl groups excluding tert-OH is 1. The molecule has 0 fully saturated rings. The maximum atomic E-state index is 11.5. The van der Waals surface area contributed by atoms with Gasteiger partial charge in [-0.1, -0.05) is 20.8 Å². The molecule has 1 amide bonds.